The zero-order chi connectivity index (χ0) is 24.4. The van der Waals surface area contributed by atoms with Crippen LogP contribution < -0.4 is 9.64 Å². The van der Waals surface area contributed by atoms with Gasteiger partial charge in [0.05, 0.1) is 18.2 Å². The maximum atomic E-state index is 14.0. The third-order valence-electron chi connectivity index (χ3n) is 5.56. The maximum absolute atomic E-state index is 14.0. The molecule has 1 aliphatic heterocycles. The van der Waals surface area contributed by atoms with Gasteiger partial charge in [0.25, 0.3) is 11.7 Å². The van der Waals surface area contributed by atoms with Crippen LogP contribution in [-0.2, 0) is 9.59 Å². The van der Waals surface area contributed by atoms with Crippen LogP contribution in [0.1, 0.15) is 36.1 Å². The molecule has 1 heterocycles. The van der Waals surface area contributed by atoms with Crippen molar-refractivity contribution < 1.29 is 28.2 Å². The number of aliphatic hydroxyl groups is 1. The first-order chi connectivity index (χ1) is 16.3. The van der Waals surface area contributed by atoms with Crippen LogP contribution in [0.3, 0.4) is 0 Å². The van der Waals surface area contributed by atoms with E-state index in [0.29, 0.717) is 23.5 Å². The number of hydrogen-bond donors (Lipinski definition) is 1. The van der Waals surface area contributed by atoms with E-state index in [-0.39, 0.29) is 17.0 Å². The SMILES string of the molecule is CCCOc1cccc(/C(O)=C2\C(=O)C(=O)N(c3ccc(F)c(F)c3)C2c2cccc(C)c2)c1. The number of rotatable bonds is 6. The topological polar surface area (TPSA) is 66.8 Å². The first kappa shape index (κ1) is 23.2. The van der Waals surface area contributed by atoms with Crippen molar-refractivity contribution >= 4 is 23.1 Å². The summed E-state index contributed by atoms with van der Waals surface area (Å²) < 4.78 is 33.2. The predicted molar refractivity (Wildman–Crippen MR) is 125 cm³/mol. The van der Waals surface area contributed by atoms with Gasteiger partial charge < -0.3 is 9.84 Å². The summed E-state index contributed by atoms with van der Waals surface area (Å²) in [5.74, 6) is -3.96. The second-order valence-electron chi connectivity index (χ2n) is 8.06. The lowest BCUT2D eigenvalue weighted by Gasteiger charge is -2.25. The average molecular weight is 463 g/mol. The predicted octanol–water partition coefficient (Wildman–Crippen LogP) is 5.69. The van der Waals surface area contributed by atoms with E-state index >= 15 is 0 Å². The largest absolute Gasteiger partial charge is 0.507 e. The number of nitrogens with zero attached hydrogens (tertiary/aromatic N) is 1. The van der Waals surface area contributed by atoms with Gasteiger partial charge in [0.1, 0.15) is 11.5 Å². The van der Waals surface area contributed by atoms with E-state index in [0.717, 1.165) is 29.0 Å². The molecule has 1 unspecified atom stereocenters. The number of Topliss-reactive ketones (excluding diaryl/α,β-unsaturated/α-hetero) is 1. The highest BCUT2D eigenvalue weighted by molar-refractivity contribution is 6.51. The molecule has 1 atom stereocenters. The summed E-state index contributed by atoms with van der Waals surface area (Å²) in [5.41, 5.74) is 1.57. The molecule has 0 saturated carbocycles. The quantitative estimate of drug-likeness (QED) is 0.290. The van der Waals surface area contributed by atoms with Crippen LogP contribution in [-0.4, -0.2) is 23.4 Å². The fourth-order valence-corrected chi connectivity index (χ4v) is 4.00. The monoisotopic (exact) mass is 463 g/mol. The fraction of sp³-hybridized carbons (Fsp3) is 0.185. The number of anilines is 1. The number of amides is 1. The Hall–Kier alpha value is -4.00. The molecule has 3 aromatic carbocycles. The van der Waals surface area contributed by atoms with Crippen molar-refractivity contribution in [3.8, 4) is 5.75 Å². The molecule has 0 radical (unpaired) electrons. The molecule has 5 nitrogen and oxygen atoms in total. The number of carbonyl (C=O) groups is 2. The van der Waals surface area contributed by atoms with E-state index in [1.807, 2.05) is 19.9 Å². The second kappa shape index (κ2) is 9.47. The zero-order valence-corrected chi connectivity index (χ0v) is 18.7. The number of hydrogen-bond acceptors (Lipinski definition) is 4. The Morgan fingerprint density at radius 2 is 1.76 bits per heavy atom. The Morgan fingerprint density at radius 3 is 2.47 bits per heavy atom. The molecule has 1 saturated heterocycles. The molecule has 1 amide bonds. The van der Waals surface area contributed by atoms with Crippen LogP contribution in [0, 0.1) is 18.6 Å². The minimum absolute atomic E-state index is 0.00610. The molecule has 3 aromatic rings. The summed E-state index contributed by atoms with van der Waals surface area (Å²) in [5, 5.41) is 11.2. The third-order valence-corrected chi connectivity index (χ3v) is 5.56. The minimum Gasteiger partial charge on any atom is -0.507 e. The molecule has 4 rings (SSSR count). The first-order valence-corrected chi connectivity index (χ1v) is 10.9. The molecule has 0 aliphatic carbocycles. The van der Waals surface area contributed by atoms with Crippen LogP contribution in [0.25, 0.3) is 5.76 Å². The van der Waals surface area contributed by atoms with Crippen molar-refractivity contribution in [3.63, 3.8) is 0 Å². The number of carbonyl (C=O) groups excluding carboxylic acids is 2. The van der Waals surface area contributed by atoms with Gasteiger partial charge in [-0.05, 0) is 43.2 Å². The van der Waals surface area contributed by atoms with Crippen molar-refractivity contribution in [2.24, 2.45) is 0 Å². The molecular formula is C27H23F2NO4. The van der Waals surface area contributed by atoms with E-state index in [2.05, 4.69) is 0 Å². The molecular weight excluding hydrogens is 440 g/mol. The van der Waals surface area contributed by atoms with Gasteiger partial charge in [0.2, 0.25) is 0 Å². The van der Waals surface area contributed by atoms with E-state index in [9.17, 15) is 23.5 Å². The van der Waals surface area contributed by atoms with E-state index in [4.69, 9.17) is 4.74 Å². The van der Waals surface area contributed by atoms with Gasteiger partial charge in [-0.2, -0.15) is 0 Å². The molecule has 0 aromatic heterocycles. The van der Waals surface area contributed by atoms with Crippen LogP contribution in [0.2, 0.25) is 0 Å². The van der Waals surface area contributed by atoms with Gasteiger partial charge in [-0.15, -0.1) is 0 Å². The first-order valence-electron chi connectivity index (χ1n) is 10.9. The third kappa shape index (κ3) is 4.29. The summed E-state index contributed by atoms with van der Waals surface area (Å²) in [6, 6.07) is 15.6. The Balaban J connectivity index is 1.91. The summed E-state index contributed by atoms with van der Waals surface area (Å²) >= 11 is 0. The molecule has 0 bridgehead atoms. The molecule has 1 aliphatic rings. The zero-order valence-electron chi connectivity index (χ0n) is 18.7. The number of ether oxygens (including phenoxy) is 1. The molecule has 7 heteroatoms. The maximum Gasteiger partial charge on any atom is 0.300 e. The van der Waals surface area contributed by atoms with Crippen molar-refractivity contribution in [2.75, 3.05) is 11.5 Å². The van der Waals surface area contributed by atoms with Gasteiger partial charge >= 0.3 is 0 Å². The fourth-order valence-electron chi connectivity index (χ4n) is 4.00. The summed E-state index contributed by atoms with van der Waals surface area (Å²) in [7, 11) is 0. The number of halogens is 2. The van der Waals surface area contributed by atoms with Crippen LogP contribution in [0.4, 0.5) is 14.5 Å². The van der Waals surface area contributed by atoms with Gasteiger partial charge in [-0.3, -0.25) is 14.5 Å². The smallest absolute Gasteiger partial charge is 0.300 e. The number of aliphatic hydroxyl groups excluding tert-OH is 1. The highest BCUT2D eigenvalue weighted by Gasteiger charge is 2.47. The highest BCUT2D eigenvalue weighted by atomic mass is 19.2. The molecule has 1 fully saturated rings. The van der Waals surface area contributed by atoms with Gasteiger partial charge in [-0.1, -0.05) is 48.9 Å². The normalized spacial score (nSPS) is 17.3. The highest BCUT2D eigenvalue weighted by Crippen LogP contribution is 2.42. The summed E-state index contributed by atoms with van der Waals surface area (Å²) in [6.07, 6.45) is 0.795. The Bertz CT molecular complexity index is 1300. The number of benzene rings is 3. The summed E-state index contributed by atoms with van der Waals surface area (Å²) in [6.45, 7) is 4.29. The van der Waals surface area contributed by atoms with Gasteiger partial charge in [0.15, 0.2) is 11.6 Å². The standard InChI is InChI=1S/C27H23F2NO4/c1-3-12-34-20-9-5-8-18(14-20)25(31)23-24(17-7-4-6-16(2)13-17)30(27(33)26(23)32)19-10-11-21(28)22(29)15-19/h4-11,13-15,24,31H,3,12H2,1-2H3/b25-23+. The lowest BCUT2D eigenvalue weighted by atomic mass is 9.94. The van der Waals surface area contributed by atoms with Gasteiger partial charge in [-0.25, -0.2) is 8.78 Å². The molecule has 1 N–H and O–H groups in total. The van der Waals surface area contributed by atoms with Crippen LogP contribution in [0.15, 0.2) is 72.3 Å². The Kier molecular flexibility index (Phi) is 6.45. The molecule has 174 valence electrons. The van der Waals surface area contributed by atoms with E-state index < -0.39 is 29.4 Å². The van der Waals surface area contributed by atoms with E-state index in [1.54, 1.807) is 42.5 Å². The van der Waals surface area contributed by atoms with Crippen molar-refractivity contribution in [1.82, 2.24) is 0 Å². The van der Waals surface area contributed by atoms with Crippen molar-refractivity contribution in [2.45, 2.75) is 26.3 Å². The Morgan fingerprint density at radius 1 is 1.00 bits per heavy atom. The van der Waals surface area contributed by atoms with Gasteiger partial charge in [0, 0.05) is 17.3 Å². The lowest BCUT2D eigenvalue weighted by molar-refractivity contribution is -0.132. The Labute approximate surface area is 195 Å². The lowest BCUT2D eigenvalue weighted by Crippen LogP contribution is -2.29. The average Bonchev–Trinajstić information content (AvgIpc) is 3.09. The number of aryl methyl sites for hydroxylation is 1. The minimum atomic E-state index is -1.15. The van der Waals surface area contributed by atoms with Crippen LogP contribution >= 0.6 is 0 Å². The second-order valence-corrected chi connectivity index (χ2v) is 8.06. The molecule has 0 spiro atoms. The summed E-state index contributed by atoms with van der Waals surface area (Å²) in [4.78, 5) is 27.4. The van der Waals surface area contributed by atoms with Crippen LogP contribution in [0.5, 0.6) is 5.75 Å². The molecule has 34 heavy (non-hydrogen) atoms. The van der Waals surface area contributed by atoms with Crippen molar-refractivity contribution in [1.29, 1.82) is 0 Å². The van der Waals surface area contributed by atoms with E-state index in [1.165, 1.54) is 6.07 Å². The van der Waals surface area contributed by atoms with Crippen molar-refractivity contribution in [3.05, 3.63) is 101 Å². The number of ketones is 1.